The predicted molar refractivity (Wildman–Crippen MR) is 118 cm³/mol. The summed E-state index contributed by atoms with van der Waals surface area (Å²) in [7, 11) is 0. The Morgan fingerprint density at radius 3 is 2.58 bits per heavy atom. The van der Waals surface area contributed by atoms with Gasteiger partial charge < -0.3 is 9.47 Å². The first-order chi connectivity index (χ1) is 15.0. The molecule has 0 aromatic heterocycles. The van der Waals surface area contributed by atoms with Crippen LogP contribution in [0.15, 0.2) is 48.5 Å². The molecule has 3 aliphatic rings. The Labute approximate surface area is 183 Å². The van der Waals surface area contributed by atoms with Gasteiger partial charge in [-0.05, 0) is 91.7 Å². The summed E-state index contributed by atoms with van der Waals surface area (Å²) >= 11 is 0. The minimum atomic E-state index is -0.315. The van der Waals surface area contributed by atoms with Gasteiger partial charge in [0, 0.05) is 12.3 Å². The normalized spacial score (nSPS) is 31.2. The molecule has 0 radical (unpaired) electrons. The van der Waals surface area contributed by atoms with E-state index in [4.69, 9.17) is 9.47 Å². The summed E-state index contributed by atoms with van der Waals surface area (Å²) in [4.78, 5) is 24.0. The van der Waals surface area contributed by atoms with Crippen LogP contribution in [0, 0.1) is 17.3 Å². The first-order valence-corrected chi connectivity index (χ1v) is 11.5. The van der Waals surface area contributed by atoms with Crippen LogP contribution in [0.25, 0.3) is 0 Å². The Balaban J connectivity index is 1.34. The van der Waals surface area contributed by atoms with Crippen molar-refractivity contribution in [1.82, 2.24) is 0 Å². The molecule has 2 fully saturated rings. The molecule has 0 saturated heterocycles. The van der Waals surface area contributed by atoms with E-state index in [-0.39, 0.29) is 23.5 Å². The lowest BCUT2D eigenvalue weighted by atomic mass is 9.55. The predicted octanol–water partition coefficient (Wildman–Crippen LogP) is 5.69. The Hall–Kier alpha value is -2.62. The van der Waals surface area contributed by atoms with Crippen LogP contribution >= 0.6 is 0 Å². The standard InChI is InChI=1S/C27H30O4/c1-17(28)30-25-13-12-24-23-10-8-19-16-20(31-26(29)18-6-4-3-5-7-18)9-11-21(19)22(23)14-15-27(24,25)2/h3-7,9,11,16,22-25H,8,10,12-15H2,1-2H3/t22-,23-,24+,25?,27+/m1/s1. The van der Waals surface area contributed by atoms with Crippen LogP contribution in [-0.4, -0.2) is 18.0 Å². The number of carbonyl (C=O) groups excluding carboxylic acids is 2. The molecule has 3 aliphatic carbocycles. The second-order valence-corrected chi connectivity index (χ2v) is 9.75. The van der Waals surface area contributed by atoms with Crippen LogP contribution in [0.1, 0.15) is 73.4 Å². The number of benzene rings is 2. The highest BCUT2D eigenvalue weighted by Crippen LogP contribution is 2.61. The lowest BCUT2D eigenvalue weighted by Gasteiger charge is -2.50. The van der Waals surface area contributed by atoms with Gasteiger partial charge in [0.05, 0.1) is 5.56 Å². The molecule has 0 bridgehead atoms. The van der Waals surface area contributed by atoms with E-state index in [2.05, 4.69) is 19.1 Å². The summed E-state index contributed by atoms with van der Waals surface area (Å²) in [5, 5.41) is 0. The lowest BCUT2D eigenvalue weighted by molar-refractivity contribution is -0.154. The number of ether oxygens (including phenoxy) is 2. The SMILES string of the molecule is CC(=O)OC1CC[C@H]2[C@@H]3CCc4cc(OC(=O)c5ccccc5)ccc4[C@H]3CC[C@]12C. The van der Waals surface area contributed by atoms with Crippen molar-refractivity contribution in [2.45, 2.75) is 64.4 Å². The van der Waals surface area contributed by atoms with Crippen LogP contribution in [0.4, 0.5) is 0 Å². The van der Waals surface area contributed by atoms with Crippen molar-refractivity contribution in [2.75, 3.05) is 0 Å². The van der Waals surface area contributed by atoms with Crippen molar-refractivity contribution in [3.05, 3.63) is 65.2 Å². The number of hydrogen-bond donors (Lipinski definition) is 0. The Morgan fingerprint density at radius 1 is 1.00 bits per heavy atom. The third-order valence-electron chi connectivity index (χ3n) is 8.14. The molecule has 2 aromatic carbocycles. The molecule has 0 N–H and O–H groups in total. The van der Waals surface area contributed by atoms with Gasteiger partial charge in [-0.3, -0.25) is 4.79 Å². The molecule has 0 aliphatic heterocycles. The molecule has 4 nitrogen and oxygen atoms in total. The van der Waals surface area contributed by atoms with E-state index in [0.717, 1.165) is 38.5 Å². The summed E-state index contributed by atoms with van der Waals surface area (Å²) in [5.41, 5.74) is 3.41. The molecule has 5 rings (SSSR count). The molecule has 2 saturated carbocycles. The smallest absolute Gasteiger partial charge is 0.343 e. The Morgan fingerprint density at radius 2 is 1.81 bits per heavy atom. The van der Waals surface area contributed by atoms with Gasteiger partial charge in [-0.1, -0.05) is 31.2 Å². The first-order valence-electron chi connectivity index (χ1n) is 11.5. The van der Waals surface area contributed by atoms with Crippen molar-refractivity contribution in [1.29, 1.82) is 0 Å². The topological polar surface area (TPSA) is 52.6 Å². The molecule has 5 atom stereocenters. The van der Waals surface area contributed by atoms with Gasteiger partial charge in [-0.2, -0.15) is 0 Å². The minimum Gasteiger partial charge on any atom is -0.462 e. The highest BCUT2D eigenvalue weighted by Gasteiger charge is 2.56. The summed E-state index contributed by atoms with van der Waals surface area (Å²) < 4.78 is 11.4. The Bertz CT molecular complexity index is 998. The van der Waals surface area contributed by atoms with Gasteiger partial charge in [0.25, 0.3) is 0 Å². The van der Waals surface area contributed by atoms with Gasteiger partial charge >= 0.3 is 11.9 Å². The molecule has 2 aromatic rings. The fraction of sp³-hybridized carbons (Fsp3) is 0.481. The number of rotatable bonds is 3. The molecule has 0 spiro atoms. The summed E-state index contributed by atoms with van der Waals surface area (Å²) in [6.45, 7) is 3.87. The van der Waals surface area contributed by atoms with Crippen molar-refractivity contribution >= 4 is 11.9 Å². The quantitative estimate of drug-likeness (QED) is 0.474. The van der Waals surface area contributed by atoms with Gasteiger partial charge in [0.1, 0.15) is 11.9 Å². The average molecular weight is 419 g/mol. The number of aryl methyl sites for hydroxylation is 1. The zero-order valence-electron chi connectivity index (χ0n) is 18.3. The third kappa shape index (κ3) is 3.56. The average Bonchev–Trinajstić information content (AvgIpc) is 3.09. The maximum Gasteiger partial charge on any atom is 0.343 e. The largest absolute Gasteiger partial charge is 0.462 e. The lowest BCUT2D eigenvalue weighted by Crippen LogP contribution is -2.45. The molecule has 4 heteroatoms. The summed E-state index contributed by atoms with van der Waals surface area (Å²) in [6, 6.07) is 15.3. The third-order valence-corrected chi connectivity index (χ3v) is 8.14. The van der Waals surface area contributed by atoms with E-state index in [0.29, 0.717) is 29.1 Å². The van der Waals surface area contributed by atoms with Crippen LogP contribution in [-0.2, 0) is 16.0 Å². The van der Waals surface area contributed by atoms with Gasteiger partial charge in [-0.25, -0.2) is 4.79 Å². The number of carbonyl (C=O) groups is 2. The molecule has 31 heavy (non-hydrogen) atoms. The fourth-order valence-corrected chi connectivity index (χ4v) is 6.71. The Kier molecular flexibility index (Phi) is 5.11. The van der Waals surface area contributed by atoms with E-state index in [1.165, 1.54) is 18.1 Å². The summed E-state index contributed by atoms with van der Waals surface area (Å²) in [6.07, 6.45) is 6.60. The van der Waals surface area contributed by atoms with Crippen LogP contribution in [0.5, 0.6) is 5.75 Å². The molecule has 0 amide bonds. The molecule has 1 unspecified atom stereocenters. The second kappa shape index (κ2) is 7.81. The van der Waals surface area contributed by atoms with Crippen molar-refractivity contribution in [2.24, 2.45) is 17.3 Å². The van der Waals surface area contributed by atoms with E-state index in [1.54, 1.807) is 12.1 Å². The highest BCUT2D eigenvalue weighted by molar-refractivity contribution is 5.91. The van der Waals surface area contributed by atoms with Crippen LogP contribution < -0.4 is 4.74 Å². The maximum absolute atomic E-state index is 12.4. The van der Waals surface area contributed by atoms with Gasteiger partial charge in [-0.15, -0.1) is 0 Å². The first kappa shape index (κ1) is 20.3. The van der Waals surface area contributed by atoms with Crippen molar-refractivity contribution in [3.8, 4) is 5.75 Å². The zero-order chi connectivity index (χ0) is 21.6. The van der Waals surface area contributed by atoms with Gasteiger partial charge in [0.15, 0.2) is 0 Å². The van der Waals surface area contributed by atoms with Crippen LogP contribution in [0.2, 0.25) is 0 Å². The van der Waals surface area contributed by atoms with E-state index in [9.17, 15) is 9.59 Å². The second-order valence-electron chi connectivity index (χ2n) is 9.75. The van der Waals surface area contributed by atoms with Gasteiger partial charge in [0.2, 0.25) is 0 Å². The van der Waals surface area contributed by atoms with E-state index >= 15 is 0 Å². The monoisotopic (exact) mass is 418 g/mol. The molecule has 162 valence electrons. The number of esters is 2. The maximum atomic E-state index is 12.4. The zero-order valence-corrected chi connectivity index (χ0v) is 18.3. The number of fused-ring (bicyclic) bond motifs is 5. The fourth-order valence-electron chi connectivity index (χ4n) is 6.71. The molecular weight excluding hydrogens is 388 g/mol. The van der Waals surface area contributed by atoms with E-state index in [1.807, 2.05) is 24.3 Å². The van der Waals surface area contributed by atoms with Crippen molar-refractivity contribution in [3.63, 3.8) is 0 Å². The highest BCUT2D eigenvalue weighted by atomic mass is 16.5. The van der Waals surface area contributed by atoms with Crippen molar-refractivity contribution < 1.29 is 19.1 Å². The minimum absolute atomic E-state index is 0.0668. The van der Waals surface area contributed by atoms with Crippen LogP contribution in [0.3, 0.4) is 0 Å². The van der Waals surface area contributed by atoms with E-state index < -0.39 is 0 Å². The summed E-state index contributed by atoms with van der Waals surface area (Å²) in [5.74, 6) is 1.97. The molecule has 0 heterocycles. The molecular formula is C27H30O4. The number of hydrogen-bond acceptors (Lipinski definition) is 4.